The van der Waals surface area contributed by atoms with Gasteiger partial charge in [0, 0.05) is 24.0 Å². The molecule has 1 aliphatic heterocycles. The van der Waals surface area contributed by atoms with Crippen molar-refractivity contribution in [2.75, 3.05) is 18.5 Å². The van der Waals surface area contributed by atoms with E-state index in [0.29, 0.717) is 24.8 Å². The summed E-state index contributed by atoms with van der Waals surface area (Å²) in [5.41, 5.74) is 2.68. The highest BCUT2D eigenvalue weighted by Gasteiger charge is 2.47. The van der Waals surface area contributed by atoms with Crippen LogP contribution in [0.4, 0.5) is 10.2 Å². The second-order valence-corrected chi connectivity index (χ2v) is 6.96. The molecule has 138 valence electrons. The van der Waals surface area contributed by atoms with Crippen molar-refractivity contribution in [2.24, 2.45) is 0 Å². The maximum atomic E-state index is 13.9. The summed E-state index contributed by atoms with van der Waals surface area (Å²) < 4.78 is 21.5. The van der Waals surface area contributed by atoms with Crippen LogP contribution in [0.25, 0.3) is 11.3 Å². The molecular formula is C19H19FN6O. The molecule has 1 aliphatic carbocycles. The maximum Gasteiger partial charge on any atom is 0.219 e. The summed E-state index contributed by atoms with van der Waals surface area (Å²) in [5, 5.41) is 11.1. The molecule has 27 heavy (non-hydrogen) atoms. The van der Waals surface area contributed by atoms with Crippen molar-refractivity contribution < 1.29 is 9.13 Å². The lowest BCUT2D eigenvalue weighted by Crippen LogP contribution is -2.23. The molecule has 0 radical (unpaired) electrons. The van der Waals surface area contributed by atoms with Gasteiger partial charge in [-0.15, -0.1) is 0 Å². The average molecular weight is 366 g/mol. The minimum absolute atomic E-state index is 0.369. The van der Waals surface area contributed by atoms with Gasteiger partial charge in [-0.1, -0.05) is 6.58 Å². The number of fused-ring (bicyclic) bond motifs is 3. The molecule has 0 amide bonds. The van der Waals surface area contributed by atoms with E-state index in [9.17, 15) is 4.39 Å². The zero-order chi connectivity index (χ0) is 18.4. The van der Waals surface area contributed by atoms with Gasteiger partial charge in [0.2, 0.25) is 5.88 Å². The Balaban J connectivity index is 1.62. The molecule has 0 aromatic carbocycles. The quantitative estimate of drug-likeness (QED) is 0.637. The molecule has 3 aromatic rings. The van der Waals surface area contributed by atoms with Gasteiger partial charge in [-0.3, -0.25) is 0 Å². The number of nitrogens with one attached hydrogen (secondary N) is 2. The van der Waals surface area contributed by atoms with Crippen LogP contribution in [0.3, 0.4) is 0 Å². The second kappa shape index (κ2) is 5.94. The van der Waals surface area contributed by atoms with Crippen molar-refractivity contribution in [1.82, 2.24) is 24.9 Å². The summed E-state index contributed by atoms with van der Waals surface area (Å²) in [6, 6.07) is 3.37. The number of anilines is 1. The van der Waals surface area contributed by atoms with E-state index in [-0.39, 0.29) is 5.82 Å². The first-order valence-corrected chi connectivity index (χ1v) is 8.99. The van der Waals surface area contributed by atoms with Crippen molar-refractivity contribution in [1.29, 1.82) is 0 Å². The van der Waals surface area contributed by atoms with Crippen LogP contribution in [-0.4, -0.2) is 32.7 Å². The topological polar surface area (TPSA) is 76.4 Å². The van der Waals surface area contributed by atoms with E-state index in [1.54, 1.807) is 10.7 Å². The van der Waals surface area contributed by atoms with Gasteiger partial charge in [0.15, 0.2) is 5.65 Å². The molecule has 1 fully saturated rings. The third-order valence-electron chi connectivity index (χ3n) is 5.04. The van der Waals surface area contributed by atoms with Gasteiger partial charge < -0.3 is 15.4 Å². The minimum atomic E-state index is -0.407. The summed E-state index contributed by atoms with van der Waals surface area (Å²) >= 11 is 0. The fourth-order valence-electron chi connectivity index (χ4n) is 3.44. The molecular weight excluding hydrogens is 347 g/mol. The molecule has 2 bridgehead atoms. The Hall–Kier alpha value is -3.16. The molecule has 4 heterocycles. The van der Waals surface area contributed by atoms with Gasteiger partial charge in [0.05, 0.1) is 30.1 Å². The molecule has 5 rings (SSSR count). The van der Waals surface area contributed by atoms with E-state index < -0.39 is 5.54 Å². The number of rotatable bonds is 0. The van der Waals surface area contributed by atoms with Crippen LogP contribution in [0, 0.1) is 5.82 Å². The Morgan fingerprint density at radius 2 is 2.19 bits per heavy atom. The Morgan fingerprint density at radius 3 is 3.04 bits per heavy atom. The Kier molecular flexibility index (Phi) is 3.53. The van der Waals surface area contributed by atoms with Crippen molar-refractivity contribution >= 4 is 17.2 Å². The first-order chi connectivity index (χ1) is 13.1. The lowest BCUT2D eigenvalue weighted by molar-refractivity contribution is 0.293. The second-order valence-electron chi connectivity index (χ2n) is 6.96. The van der Waals surface area contributed by atoms with Crippen molar-refractivity contribution in [3.63, 3.8) is 0 Å². The molecule has 0 saturated heterocycles. The molecule has 7 nitrogen and oxygen atoms in total. The Labute approximate surface area is 155 Å². The van der Waals surface area contributed by atoms with Gasteiger partial charge in [0.25, 0.3) is 0 Å². The zero-order valence-corrected chi connectivity index (χ0v) is 14.7. The predicted octanol–water partition coefficient (Wildman–Crippen LogP) is 2.71. The third-order valence-corrected chi connectivity index (χ3v) is 5.04. The monoisotopic (exact) mass is 366 g/mol. The normalized spacial score (nSPS) is 18.3. The van der Waals surface area contributed by atoms with Gasteiger partial charge >= 0.3 is 0 Å². The molecule has 0 atom stereocenters. The van der Waals surface area contributed by atoms with Gasteiger partial charge in [0.1, 0.15) is 11.6 Å². The maximum absolute atomic E-state index is 13.9. The number of halogens is 1. The number of aromatic nitrogens is 4. The summed E-state index contributed by atoms with van der Waals surface area (Å²) in [6.07, 6.45) is 7.29. The van der Waals surface area contributed by atoms with E-state index in [2.05, 4.69) is 27.3 Å². The molecule has 3 aromatic heterocycles. The first-order valence-electron chi connectivity index (χ1n) is 8.99. The molecule has 8 heteroatoms. The van der Waals surface area contributed by atoms with Crippen LogP contribution in [0.5, 0.6) is 5.88 Å². The SMILES string of the molecule is C=C1NCCCOc2ncc(F)cc2C2(CC2)Nc2ccn3ncc1c3n2. The number of pyridine rings is 1. The molecule has 2 aliphatic rings. The molecule has 1 saturated carbocycles. The lowest BCUT2D eigenvalue weighted by Gasteiger charge is -2.22. The van der Waals surface area contributed by atoms with E-state index in [1.165, 1.54) is 12.3 Å². The first kappa shape index (κ1) is 16.0. The molecule has 2 N–H and O–H groups in total. The zero-order valence-electron chi connectivity index (χ0n) is 14.7. The summed E-state index contributed by atoms with van der Waals surface area (Å²) in [5.74, 6) is 0.802. The van der Waals surface area contributed by atoms with E-state index in [0.717, 1.165) is 41.7 Å². The average Bonchev–Trinajstić information content (AvgIpc) is 3.31. The van der Waals surface area contributed by atoms with Crippen LogP contribution in [-0.2, 0) is 5.54 Å². The lowest BCUT2D eigenvalue weighted by atomic mass is 10.1. The highest BCUT2D eigenvalue weighted by Crippen LogP contribution is 2.50. The minimum Gasteiger partial charge on any atom is -0.477 e. The van der Waals surface area contributed by atoms with E-state index in [1.807, 2.05) is 12.3 Å². The van der Waals surface area contributed by atoms with Crippen molar-refractivity contribution in [3.05, 3.63) is 54.2 Å². The fourth-order valence-corrected chi connectivity index (χ4v) is 3.44. The van der Waals surface area contributed by atoms with Gasteiger partial charge in [-0.25, -0.2) is 18.9 Å². The van der Waals surface area contributed by atoms with Crippen molar-refractivity contribution in [2.45, 2.75) is 24.8 Å². The highest BCUT2D eigenvalue weighted by atomic mass is 19.1. The predicted molar refractivity (Wildman–Crippen MR) is 98.9 cm³/mol. The van der Waals surface area contributed by atoms with Crippen LogP contribution < -0.4 is 15.4 Å². The third kappa shape index (κ3) is 2.77. The smallest absolute Gasteiger partial charge is 0.219 e. The number of ether oxygens (including phenoxy) is 1. The molecule has 0 unspecified atom stereocenters. The summed E-state index contributed by atoms with van der Waals surface area (Å²) in [4.78, 5) is 8.90. The number of hydrogen-bond donors (Lipinski definition) is 2. The van der Waals surface area contributed by atoms with Crippen LogP contribution in [0.15, 0.2) is 37.3 Å². The van der Waals surface area contributed by atoms with Crippen molar-refractivity contribution in [3.8, 4) is 5.88 Å². The van der Waals surface area contributed by atoms with E-state index >= 15 is 0 Å². The van der Waals surface area contributed by atoms with Gasteiger partial charge in [-0.2, -0.15) is 5.10 Å². The summed E-state index contributed by atoms with van der Waals surface area (Å²) in [7, 11) is 0. The van der Waals surface area contributed by atoms with Crippen LogP contribution >= 0.6 is 0 Å². The summed E-state index contributed by atoms with van der Waals surface area (Å²) in [6.45, 7) is 5.27. The Morgan fingerprint density at radius 1 is 1.30 bits per heavy atom. The Bertz CT molecular complexity index is 1040. The number of nitrogens with zero attached hydrogens (tertiary/aromatic N) is 4. The highest BCUT2D eigenvalue weighted by molar-refractivity contribution is 5.73. The molecule has 1 spiro atoms. The van der Waals surface area contributed by atoms with Crippen LogP contribution in [0.2, 0.25) is 0 Å². The number of hydrogen-bond acceptors (Lipinski definition) is 6. The largest absolute Gasteiger partial charge is 0.477 e. The fraction of sp³-hybridized carbons (Fsp3) is 0.316. The standard InChI is InChI=1S/C19H19FN6O/c1-12-14-11-23-26-7-3-16(24-17(14)26)25-19(4-5-19)15-9-13(20)10-22-18(15)27-8-2-6-21-12/h3,7,9-11,21H,1-2,4-6,8H2,(H,24,25). The van der Waals surface area contributed by atoms with E-state index in [4.69, 9.17) is 9.72 Å². The van der Waals surface area contributed by atoms with Gasteiger partial charge in [-0.05, 0) is 31.4 Å². The van der Waals surface area contributed by atoms with Crippen LogP contribution in [0.1, 0.15) is 30.4 Å².